The van der Waals surface area contributed by atoms with Crippen molar-refractivity contribution in [3.8, 4) is 5.75 Å². The molecule has 124 valence electrons. The Labute approximate surface area is 146 Å². The van der Waals surface area contributed by atoms with E-state index in [1.54, 1.807) is 55.8 Å². The molecule has 1 aromatic carbocycles. The number of anilines is 1. The molecule has 0 aliphatic heterocycles. The first-order valence-electron chi connectivity index (χ1n) is 7.52. The van der Waals surface area contributed by atoms with Crippen molar-refractivity contribution < 1.29 is 9.53 Å². The molecule has 1 N–H and O–H groups in total. The fraction of sp³-hybridized carbons (Fsp3) is 0.0556. The van der Waals surface area contributed by atoms with Gasteiger partial charge in [0, 0.05) is 18.0 Å². The van der Waals surface area contributed by atoms with E-state index in [4.69, 9.17) is 4.74 Å². The molecule has 0 bridgehead atoms. The SMILES string of the molecule is COc1cccc(NC(=O)c2cc3c(=O)n4ccccc4nc3s2)c1. The summed E-state index contributed by atoms with van der Waals surface area (Å²) in [6.45, 7) is 0. The number of carbonyl (C=O) groups is 1. The lowest BCUT2D eigenvalue weighted by Gasteiger charge is -2.05. The molecule has 6 nitrogen and oxygen atoms in total. The normalized spacial score (nSPS) is 10.9. The van der Waals surface area contributed by atoms with Crippen molar-refractivity contribution in [3.05, 3.63) is 70.0 Å². The van der Waals surface area contributed by atoms with E-state index in [0.717, 1.165) is 0 Å². The van der Waals surface area contributed by atoms with Gasteiger partial charge in [-0.1, -0.05) is 12.1 Å². The standard InChI is InChI=1S/C18H13N3O3S/c1-24-12-6-4-5-11(9-12)19-16(22)14-10-13-17(25-14)20-15-7-2-3-8-21(15)18(13)23/h2-10H,1H3,(H,19,22). The average molecular weight is 351 g/mol. The first-order valence-corrected chi connectivity index (χ1v) is 8.34. The minimum absolute atomic E-state index is 0.183. The van der Waals surface area contributed by atoms with Crippen LogP contribution in [0.2, 0.25) is 0 Å². The van der Waals surface area contributed by atoms with E-state index < -0.39 is 0 Å². The molecule has 0 radical (unpaired) electrons. The Kier molecular flexibility index (Phi) is 3.70. The van der Waals surface area contributed by atoms with Gasteiger partial charge in [0.15, 0.2) is 0 Å². The fourth-order valence-electron chi connectivity index (χ4n) is 2.55. The zero-order valence-corrected chi connectivity index (χ0v) is 14.0. The summed E-state index contributed by atoms with van der Waals surface area (Å²) in [5.74, 6) is 0.366. The third kappa shape index (κ3) is 2.74. The second kappa shape index (κ2) is 6.03. The summed E-state index contributed by atoms with van der Waals surface area (Å²) in [5.41, 5.74) is 0.996. The molecular weight excluding hydrogens is 338 g/mol. The summed E-state index contributed by atoms with van der Waals surface area (Å²) in [5, 5.41) is 3.24. The third-order valence-electron chi connectivity index (χ3n) is 3.77. The van der Waals surface area contributed by atoms with E-state index in [0.29, 0.717) is 32.2 Å². The molecule has 25 heavy (non-hydrogen) atoms. The molecule has 0 fully saturated rings. The van der Waals surface area contributed by atoms with E-state index in [9.17, 15) is 9.59 Å². The number of fused-ring (bicyclic) bond motifs is 2. The summed E-state index contributed by atoms with van der Waals surface area (Å²) < 4.78 is 6.62. The number of benzene rings is 1. The molecule has 0 saturated heterocycles. The maximum atomic E-state index is 12.5. The van der Waals surface area contributed by atoms with Crippen LogP contribution in [-0.2, 0) is 0 Å². The van der Waals surface area contributed by atoms with E-state index in [1.165, 1.54) is 15.7 Å². The number of nitrogens with one attached hydrogen (secondary N) is 1. The van der Waals surface area contributed by atoms with Crippen LogP contribution in [0.1, 0.15) is 9.67 Å². The molecule has 0 atom stereocenters. The number of hydrogen-bond acceptors (Lipinski definition) is 5. The predicted octanol–water partition coefficient (Wildman–Crippen LogP) is 3.17. The lowest BCUT2D eigenvalue weighted by atomic mass is 10.3. The number of carbonyl (C=O) groups excluding carboxylic acids is 1. The highest BCUT2D eigenvalue weighted by atomic mass is 32.1. The monoisotopic (exact) mass is 351 g/mol. The Morgan fingerprint density at radius 2 is 2.08 bits per heavy atom. The fourth-order valence-corrected chi connectivity index (χ4v) is 3.48. The number of pyridine rings is 1. The quantitative estimate of drug-likeness (QED) is 0.615. The van der Waals surface area contributed by atoms with Gasteiger partial charge in [0.2, 0.25) is 0 Å². The van der Waals surface area contributed by atoms with Gasteiger partial charge in [0.05, 0.1) is 17.4 Å². The summed E-state index contributed by atoms with van der Waals surface area (Å²) in [4.78, 5) is 30.5. The lowest BCUT2D eigenvalue weighted by Crippen LogP contribution is -2.13. The zero-order valence-electron chi connectivity index (χ0n) is 13.2. The molecule has 0 aliphatic rings. The second-order valence-corrected chi connectivity index (χ2v) is 6.39. The van der Waals surface area contributed by atoms with Gasteiger partial charge in [-0.3, -0.25) is 14.0 Å². The van der Waals surface area contributed by atoms with Crippen LogP contribution in [0.4, 0.5) is 5.69 Å². The number of nitrogens with zero attached hydrogens (tertiary/aromatic N) is 2. The highest BCUT2D eigenvalue weighted by molar-refractivity contribution is 7.20. The van der Waals surface area contributed by atoms with Crippen molar-refractivity contribution in [3.63, 3.8) is 0 Å². The van der Waals surface area contributed by atoms with Crippen LogP contribution in [0, 0.1) is 0 Å². The molecule has 0 saturated carbocycles. The van der Waals surface area contributed by atoms with Crippen LogP contribution in [0.5, 0.6) is 5.75 Å². The van der Waals surface area contributed by atoms with Crippen molar-refractivity contribution in [1.29, 1.82) is 0 Å². The average Bonchev–Trinajstić information content (AvgIpc) is 3.07. The molecule has 4 aromatic rings. The largest absolute Gasteiger partial charge is 0.497 e. The van der Waals surface area contributed by atoms with E-state index in [2.05, 4.69) is 10.3 Å². The number of thiophene rings is 1. The molecule has 1 amide bonds. The number of aromatic nitrogens is 2. The number of hydrogen-bond donors (Lipinski definition) is 1. The Balaban J connectivity index is 1.73. The predicted molar refractivity (Wildman–Crippen MR) is 97.8 cm³/mol. The number of ether oxygens (including phenoxy) is 1. The van der Waals surface area contributed by atoms with Crippen LogP contribution < -0.4 is 15.6 Å². The van der Waals surface area contributed by atoms with Gasteiger partial charge in [0.25, 0.3) is 11.5 Å². The highest BCUT2D eigenvalue weighted by Crippen LogP contribution is 2.24. The molecule has 0 spiro atoms. The van der Waals surface area contributed by atoms with Gasteiger partial charge in [-0.05, 0) is 30.3 Å². The molecule has 3 heterocycles. The first kappa shape index (κ1) is 15.3. The lowest BCUT2D eigenvalue weighted by molar-refractivity contribution is 0.103. The van der Waals surface area contributed by atoms with Crippen LogP contribution in [0.15, 0.2) is 59.5 Å². The minimum Gasteiger partial charge on any atom is -0.497 e. The second-order valence-electron chi connectivity index (χ2n) is 5.36. The van der Waals surface area contributed by atoms with E-state index in [1.807, 2.05) is 6.07 Å². The minimum atomic E-state index is -0.287. The summed E-state index contributed by atoms with van der Waals surface area (Å²) in [6, 6.07) is 14.0. The number of rotatable bonds is 3. The van der Waals surface area contributed by atoms with Gasteiger partial charge in [-0.15, -0.1) is 11.3 Å². The summed E-state index contributed by atoms with van der Waals surface area (Å²) in [7, 11) is 1.57. The number of methoxy groups -OCH3 is 1. The smallest absolute Gasteiger partial charge is 0.266 e. The van der Waals surface area contributed by atoms with Crippen molar-refractivity contribution in [2.45, 2.75) is 0 Å². The topological polar surface area (TPSA) is 72.7 Å². The van der Waals surface area contributed by atoms with Gasteiger partial charge in [0.1, 0.15) is 16.2 Å². The summed E-state index contributed by atoms with van der Waals surface area (Å²) in [6.07, 6.45) is 1.66. The van der Waals surface area contributed by atoms with Crippen LogP contribution in [-0.4, -0.2) is 22.4 Å². The first-order chi connectivity index (χ1) is 12.2. The van der Waals surface area contributed by atoms with Crippen molar-refractivity contribution >= 4 is 38.8 Å². The highest BCUT2D eigenvalue weighted by Gasteiger charge is 2.15. The molecular formula is C18H13N3O3S. The van der Waals surface area contributed by atoms with Crippen LogP contribution >= 0.6 is 11.3 Å². The Bertz CT molecular complexity index is 1160. The Morgan fingerprint density at radius 1 is 1.20 bits per heavy atom. The molecule has 4 rings (SSSR count). The van der Waals surface area contributed by atoms with Gasteiger partial charge >= 0.3 is 0 Å². The van der Waals surface area contributed by atoms with E-state index in [-0.39, 0.29) is 11.5 Å². The Morgan fingerprint density at radius 3 is 2.92 bits per heavy atom. The van der Waals surface area contributed by atoms with Gasteiger partial charge in [-0.25, -0.2) is 4.98 Å². The molecule has 0 unspecified atom stereocenters. The van der Waals surface area contributed by atoms with Crippen LogP contribution in [0.25, 0.3) is 15.9 Å². The van der Waals surface area contributed by atoms with Crippen molar-refractivity contribution in [1.82, 2.24) is 9.38 Å². The maximum Gasteiger partial charge on any atom is 0.266 e. The van der Waals surface area contributed by atoms with Crippen molar-refractivity contribution in [2.75, 3.05) is 12.4 Å². The van der Waals surface area contributed by atoms with Crippen LogP contribution in [0.3, 0.4) is 0 Å². The van der Waals surface area contributed by atoms with Gasteiger partial charge < -0.3 is 10.1 Å². The third-order valence-corrected chi connectivity index (χ3v) is 4.80. The molecule has 7 heteroatoms. The van der Waals surface area contributed by atoms with Crippen molar-refractivity contribution in [2.24, 2.45) is 0 Å². The summed E-state index contributed by atoms with van der Waals surface area (Å²) >= 11 is 1.20. The Hall–Kier alpha value is -3.19. The number of amides is 1. The van der Waals surface area contributed by atoms with E-state index >= 15 is 0 Å². The zero-order chi connectivity index (χ0) is 17.4. The molecule has 3 aromatic heterocycles. The maximum absolute atomic E-state index is 12.5. The van der Waals surface area contributed by atoms with Gasteiger partial charge in [-0.2, -0.15) is 0 Å². The molecule has 0 aliphatic carbocycles.